The summed E-state index contributed by atoms with van der Waals surface area (Å²) in [6.07, 6.45) is 4.33. The number of amides is 2. The summed E-state index contributed by atoms with van der Waals surface area (Å²) in [5.41, 5.74) is 5.18. The van der Waals surface area contributed by atoms with Crippen molar-refractivity contribution in [3.05, 3.63) is 57.7 Å². The van der Waals surface area contributed by atoms with Gasteiger partial charge in [0.1, 0.15) is 0 Å². The van der Waals surface area contributed by atoms with Gasteiger partial charge in [0, 0.05) is 49.5 Å². The van der Waals surface area contributed by atoms with Crippen LogP contribution in [0.5, 0.6) is 0 Å². The fourth-order valence-electron chi connectivity index (χ4n) is 3.40. The minimum absolute atomic E-state index is 0.0195. The van der Waals surface area contributed by atoms with Crippen molar-refractivity contribution in [2.45, 2.75) is 13.8 Å². The molecule has 3 rings (SSSR count). The molecule has 158 valence electrons. The fourth-order valence-corrected chi connectivity index (χ4v) is 3.63. The number of halogens is 1. The van der Waals surface area contributed by atoms with Crippen molar-refractivity contribution in [1.82, 2.24) is 20.1 Å². The molecule has 2 aromatic rings. The summed E-state index contributed by atoms with van der Waals surface area (Å²) in [4.78, 5) is 31.9. The molecule has 2 heterocycles. The van der Waals surface area contributed by atoms with Crippen molar-refractivity contribution in [2.75, 3.05) is 39.8 Å². The molecule has 1 fully saturated rings. The SMILES string of the molecule is C/C(=C\c1cc(-c2ccc(C(=O)N3CCN(C)CC3)cn2)cc(Cl)c1C)CNC=O. The van der Waals surface area contributed by atoms with Crippen LogP contribution >= 0.6 is 11.6 Å². The van der Waals surface area contributed by atoms with Crippen molar-refractivity contribution in [3.8, 4) is 11.3 Å². The second-order valence-electron chi connectivity index (χ2n) is 7.69. The Labute approximate surface area is 182 Å². The minimum atomic E-state index is 0.0195. The van der Waals surface area contributed by atoms with Gasteiger partial charge in [-0.15, -0.1) is 0 Å². The molecule has 0 spiro atoms. The molecule has 2 amide bonds. The van der Waals surface area contributed by atoms with Crippen LogP contribution in [0.15, 0.2) is 36.0 Å². The predicted octanol–water partition coefficient (Wildman–Crippen LogP) is 3.25. The summed E-state index contributed by atoms with van der Waals surface area (Å²) in [5, 5.41) is 3.31. The molecule has 6 nitrogen and oxygen atoms in total. The molecule has 1 N–H and O–H groups in total. The highest BCUT2D eigenvalue weighted by molar-refractivity contribution is 6.31. The first-order valence-corrected chi connectivity index (χ1v) is 10.4. The van der Waals surface area contributed by atoms with Gasteiger partial charge in [0.15, 0.2) is 0 Å². The topological polar surface area (TPSA) is 65.5 Å². The van der Waals surface area contributed by atoms with Crippen molar-refractivity contribution < 1.29 is 9.59 Å². The lowest BCUT2D eigenvalue weighted by atomic mass is 10.0. The predicted molar refractivity (Wildman–Crippen MR) is 121 cm³/mol. The van der Waals surface area contributed by atoms with E-state index in [4.69, 9.17) is 11.6 Å². The van der Waals surface area contributed by atoms with Crippen LogP contribution in [-0.2, 0) is 4.79 Å². The molecule has 0 aliphatic carbocycles. The van der Waals surface area contributed by atoms with E-state index in [1.54, 1.807) is 6.20 Å². The Hall–Kier alpha value is -2.70. The van der Waals surface area contributed by atoms with Gasteiger partial charge >= 0.3 is 0 Å². The summed E-state index contributed by atoms with van der Waals surface area (Å²) < 4.78 is 0. The number of nitrogens with zero attached hydrogens (tertiary/aromatic N) is 3. The zero-order valence-corrected chi connectivity index (χ0v) is 18.4. The van der Waals surface area contributed by atoms with E-state index in [1.807, 2.05) is 49.1 Å². The van der Waals surface area contributed by atoms with E-state index in [-0.39, 0.29) is 5.91 Å². The first-order valence-electron chi connectivity index (χ1n) is 9.97. The lowest BCUT2D eigenvalue weighted by molar-refractivity contribution is -0.109. The van der Waals surface area contributed by atoms with Gasteiger partial charge in [-0.05, 0) is 56.3 Å². The standard InChI is InChI=1S/C23H27ClN4O2/c1-16(13-25-15-29)10-19-11-20(12-21(24)17(19)2)22-5-4-18(14-26-22)23(30)28-8-6-27(3)7-9-28/h4-5,10-12,14-15H,6-9,13H2,1-3H3,(H,25,29)/b16-10+. The van der Waals surface area contributed by atoms with Crippen LogP contribution in [0.3, 0.4) is 0 Å². The summed E-state index contributed by atoms with van der Waals surface area (Å²) in [7, 11) is 2.06. The van der Waals surface area contributed by atoms with Gasteiger partial charge in [0.2, 0.25) is 6.41 Å². The number of carbonyl (C=O) groups is 2. The van der Waals surface area contributed by atoms with Crippen LogP contribution in [0.25, 0.3) is 17.3 Å². The van der Waals surface area contributed by atoms with Crippen LogP contribution in [-0.4, -0.2) is 66.9 Å². The monoisotopic (exact) mass is 426 g/mol. The first kappa shape index (κ1) is 22.0. The normalized spacial score (nSPS) is 15.2. The maximum absolute atomic E-state index is 12.7. The minimum Gasteiger partial charge on any atom is -0.355 e. The number of nitrogens with one attached hydrogen (secondary N) is 1. The van der Waals surface area contributed by atoms with E-state index < -0.39 is 0 Å². The second kappa shape index (κ2) is 9.87. The average molecular weight is 427 g/mol. The quantitative estimate of drug-likeness (QED) is 0.720. The van der Waals surface area contributed by atoms with E-state index in [9.17, 15) is 9.59 Å². The van der Waals surface area contributed by atoms with Crippen molar-refractivity contribution in [1.29, 1.82) is 0 Å². The van der Waals surface area contributed by atoms with Crippen LogP contribution in [0.4, 0.5) is 0 Å². The lowest BCUT2D eigenvalue weighted by Crippen LogP contribution is -2.47. The Bertz CT molecular complexity index is 948. The van der Waals surface area contributed by atoms with Crippen molar-refractivity contribution in [2.24, 2.45) is 0 Å². The largest absolute Gasteiger partial charge is 0.355 e. The summed E-state index contributed by atoms with van der Waals surface area (Å²) in [6.45, 7) is 7.63. The maximum atomic E-state index is 12.7. The first-order chi connectivity index (χ1) is 14.4. The number of hydrogen-bond acceptors (Lipinski definition) is 4. The highest BCUT2D eigenvalue weighted by Crippen LogP contribution is 2.29. The smallest absolute Gasteiger partial charge is 0.255 e. The summed E-state index contributed by atoms with van der Waals surface area (Å²) >= 11 is 6.46. The molecule has 1 aliphatic heterocycles. The van der Waals surface area contributed by atoms with Crippen molar-refractivity contribution in [3.63, 3.8) is 0 Å². The van der Waals surface area contributed by atoms with E-state index >= 15 is 0 Å². The number of carbonyl (C=O) groups excluding carboxylic acids is 2. The van der Waals surface area contributed by atoms with Gasteiger partial charge in [-0.3, -0.25) is 14.6 Å². The molecule has 0 atom stereocenters. The molecule has 30 heavy (non-hydrogen) atoms. The van der Waals surface area contributed by atoms with Crippen molar-refractivity contribution >= 4 is 30.0 Å². The molecule has 1 aromatic carbocycles. The number of pyridine rings is 1. The van der Waals surface area contributed by atoms with Gasteiger partial charge in [-0.25, -0.2) is 0 Å². The molecule has 0 unspecified atom stereocenters. The molecule has 1 aliphatic rings. The number of likely N-dealkylation sites (N-methyl/N-ethyl adjacent to an activating group) is 1. The molecular formula is C23H27ClN4O2. The van der Waals surface area contributed by atoms with Crippen LogP contribution in [0, 0.1) is 6.92 Å². The summed E-state index contributed by atoms with van der Waals surface area (Å²) in [6, 6.07) is 7.59. The fraction of sp³-hybridized carbons (Fsp3) is 0.348. The molecule has 1 aromatic heterocycles. The third-order valence-corrected chi connectivity index (χ3v) is 5.74. The third-order valence-electron chi connectivity index (χ3n) is 5.35. The lowest BCUT2D eigenvalue weighted by Gasteiger charge is -2.32. The second-order valence-corrected chi connectivity index (χ2v) is 8.10. The van der Waals surface area contributed by atoms with Gasteiger partial charge in [0.25, 0.3) is 5.91 Å². The van der Waals surface area contributed by atoms with Crippen LogP contribution < -0.4 is 5.32 Å². The Balaban J connectivity index is 1.82. The highest BCUT2D eigenvalue weighted by atomic mass is 35.5. The van der Waals surface area contributed by atoms with E-state index in [0.29, 0.717) is 23.5 Å². The average Bonchev–Trinajstić information content (AvgIpc) is 2.75. The van der Waals surface area contributed by atoms with Crippen LogP contribution in [0.1, 0.15) is 28.4 Å². The number of benzene rings is 1. The molecule has 0 radical (unpaired) electrons. The maximum Gasteiger partial charge on any atom is 0.255 e. The number of piperazine rings is 1. The van der Waals surface area contributed by atoms with Gasteiger partial charge < -0.3 is 15.1 Å². The van der Waals surface area contributed by atoms with Gasteiger partial charge in [0.05, 0.1) is 11.3 Å². The van der Waals surface area contributed by atoms with Gasteiger partial charge in [-0.1, -0.05) is 23.3 Å². The van der Waals surface area contributed by atoms with Crippen LogP contribution in [0.2, 0.25) is 5.02 Å². The van der Waals surface area contributed by atoms with E-state index in [1.165, 1.54) is 0 Å². The Morgan fingerprint density at radius 3 is 2.60 bits per heavy atom. The highest BCUT2D eigenvalue weighted by Gasteiger charge is 2.20. The van der Waals surface area contributed by atoms with E-state index in [0.717, 1.165) is 54.1 Å². The zero-order chi connectivity index (χ0) is 21.7. The zero-order valence-electron chi connectivity index (χ0n) is 17.6. The summed E-state index contributed by atoms with van der Waals surface area (Å²) in [5.74, 6) is 0.0195. The molecule has 0 saturated carbocycles. The molecule has 7 heteroatoms. The van der Waals surface area contributed by atoms with E-state index in [2.05, 4.69) is 22.2 Å². The molecule has 1 saturated heterocycles. The molecule has 0 bridgehead atoms. The Morgan fingerprint density at radius 1 is 1.23 bits per heavy atom. The third kappa shape index (κ3) is 5.26. The number of rotatable bonds is 6. The Kier molecular flexibility index (Phi) is 7.24. The number of aromatic nitrogens is 1. The Morgan fingerprint density at radius 2 is 1.97 bits per heavy atom. The molecular weight excluding hydrogens is 400 g/mol. The van der Waals surface area contributed by atoms with Gasteiger partial charge in [-0.2, -0.15) is 0 Å². The number of hydrogen-bond donors (Lipinski definition) is 1.